The number of primary amides is 1. The van der Waals surface area contributed by atoms with Gasteiger partial charge in [-0.05, 0) is 23.3 Å². The van der Waals surface area contributed by atoms with Crippen LogP contribution >= 0.6 is 0 Å². The Morgan fingerprint density at radius 2 is 1.53 bits per heavy atom. The molecular formula is C24H24N4O2. The van der Waals surface area contributed by atoms with E-state index in [1.807, 2.05) is 36.4 Å². The molecule has 1 fully saturated rings. The van der Waals surface area contributed by atoms with E-state index in [0.717, 1.165) is 11.1 Å². The van der Waals surface area contributed by atoms with E-state index in [9.17, 15) is 9.59 Å². The minimum atomic E-state index is -0.707. The zero-order valence-electron chi connectivity index (χ0n) is 16.6. The van der Waals surface area contributed by atoms with E-state index >= 15 is 0 Å². The maximum absolute atomic E-state index is 13.0. The molecule has 0 radical (unpaired) electrons. The van der Waals surface area contributed by atoms with Crippen molar-refractivity contribution in [1.29, 1.82) is 0 Å². The van der Waals surface area contributed by atoms with E-state index in [-0.39, 0.29) is 11.9 Å². The lowest BCUT2D eigenvalue weighted by molar-refractivity contribution is -0.124. The second kappa shape index (κ2) is 8.88. The van der Waals surface area contributed by atoms with Crippen molar-refractivity contribution < 1.29 is 9.59 Å². The van der Waals surface area contributed by atoms with Gasteiger partial charge in [-0.1, -0.05) is 60.7 Å². The molecule has 2 heterocycles. The van der Waals surface area contributed by atoms with E-state index in [2.05, 4.69) is 34.1 Å². The number of carbonyl (C=O) groups is 2. The van der Waals surface area contributed by atoms with Crippen LogP contribution in [-0.4, -0.2) is 52.3 Å². The summed E-state index contributed by atoms with van der Waals surface area (Å²) in [4.78, 5) is 33.1. The average Bonchev–Trinajstić information content (AvgIpc) is 2.81. The van der Waals surface area contributed by atoms with Gasteiger partial charge in [-0.15, -0.1) is 0 Å². The molecule has 1 unspecified atom stereocenters. The summed E-state index contributed by atoms with van der Waals surface area (Å²) < 4.78 is 0. The van der Waals surface area contributed by atoms with Crippen molar-refractivity contribution in [1.82, 2.24) is 14.8 Å². The Morgan fingerprint density at radius 3 is 2.07 bits per heavy atom. The maximum atomic E-state index is 13.0. The van der Waals surface area contributed by atoms with Crippen LogP contribution in [0.25, 0.3) is 0 Å². The molecule has 1 aromatic heterocycles. The first-order valence-corrected chi connectivity index (χ1v) is 9.99. The summed E-state index contributed by atoms with van der Waals surface area (Å²) in [6, 6.07) is 23.1. The minimum absolute atomic E-state index is 0.0232. The lowest BCUT2D eigenvalue weighted by atomic mass is 9.95. The lowest BCUT2D eigenvalue weighted by Crippen LogP contribution is -2.60. The topological polar surface area (TPSA) is 79.5 Å². The smallest absolute Gasteiger partial charge is 0.256 e. The van der Waals surface area contributed by atoms with E-state index in [1.165, 1.54) is 6.20 Å². The van der Waals surface area contributed by atoms with Gasteiger partial charge < -0.3 is 10.6 Å². The molecule has 2 aromatic carbocycles. The molecule has 152 valence electrons. The third-order valence-corrected chi connectivity index (χ3v) is 5.51. The van der Waals surface area contributed by atoms with Gasteiger partial charge in [-0.25, -0.2) is 0 Å². The number of benzene rings is 2. The standard InChI is InChI=1S/C24H24N4O2/c25-23(29)21-17-27(14-15-28(21)24(30)20-12-7-13-26-16-20)22(18-8-3-1-4-9-18)19-10-5-2-6-11-19/h1-13,16,21-22H,14-15,17H2,(H2,25,29). The number of nitrogens with two attached hydrogens (primary N) is 1. The monoisotopic (exact) mass is 400 g/mol. The van der Waals surface area contributed by atoms with E-state index in [4.69, 9.17) is 5.73 Å². The van der Waals surface area contributed by atoms with Crippen molar-refractivity contribution in [2.45, 2.75) is 12.1 Å². The molecular weight excluding hydrogens is 376 g/mol. The number of pyridine rings is 1. The van der Waals surface area contributed by atoms with Crippen LogP contribution < -0.4 is 5.73 Å². The van der Waals surface area contributed by atoms with E-state index < -0.39 is 11.9 Å². The Bertz CT molecular complexity index is 956. The van der Waals surface area contributed by atoms with Gasteiger partial charge in [0, 0.05) is 32.0 Å². The summed E-state index contributed by atoms with van der Waals surface area (Å²) in [5.74, 6) is -0.723. The quantitative estimate of drug-likeness (QED) is 0.714. The van der Waals surface area contributed by atoms with Crippen LogP contribution in [0.3, 0.4) is 0 Å². The molecule has 1 aliphatic rings. The molecule has 1 saturated heterocycles. The summed E-state index contributed by atoms with van der Waals surface area (Å²) in [5, 5.41) is 0. The van der Waals surface area contributed by atoms with Gasteiger partial charge in [0.2, 0.25) is 5.91 Å². The molecule has 6 nitrogen and oxygen atoms in total. The molecule has 0 bridgehead atoms. The fourth-order valence-corrected chi connectivity index (χ4v) is 4.06. The summed E-state index contributed by atoms with van der Waals surface area (Å²) in [6.45, 7) is 1.41. The molecule has 2 N–H and O–H groups in total. The minimum Gasteiger partial charge on any atom is -0.368 e. The van der Waals surface area contributed by atoms with Crippen molar-refractivity contribution in [2.75, 3.05) is 19.6 Å². The highest BCUT2D eigenvalue weighted by atomic mass is 16.2. The molecule has 6 heteroatoms. The summed E-state index contributed by atoms with van der Waals surface area (Å²) in [5.41, 5.74) is 8.47. The number of piperazine rings is 1. The normalized spacial score (nSPS) is 17.1. The first kappa shape index (κ1) is 19.8. The van der Waals surface area contributed by atoms with E-state index in [1.54, 1.807) is 23.2 Å². The van der Waals surface area contributed by atoms with Gasteiger partial charge in [0.1, 0.15) is 6.04 Å². The van der Waals surface area contributed by atoms with Gasteiger partial charge in [-0.3, -0.25) is 19.5 Å². The SMILES string of the molecule is NC(=O)C1CN(C(c2ccccc2)c2ccccc2)CCN1C(=O)c1cccnc1. The fraction of sp³-hybridized carbons (Fsp3) is 0.208. The Labute approximate surface area is 175 Å². The second-order valence-corrected chi connectivity index (χ2v) is 7.38. The Hall–Kier alpha value is -3.51. The predicted molar refractivity (Wildman–Crippen MR) is 115 cm³/mol. The zero-order valence-corrected chi connectivity index (χ0v) is 16.6. The highest BCUT2D eigenvalue weighted by Gasteiger charge is 2.37. The molecule has 30 heavy (non-hydrogen) atoms. The van der Waals surface area contributed by atoms with Crippen LogP contribution in [0, 0.1) is 0 Å². The number of hydrogen-bond acceptors (Lipinski definition) is 4. The summed E-state index contributed by atoms with van der Waals surface area (Å²) >= 11 is 0. The van der Waals surface area contributed by atoms with Crippen LogP contribution in [0.1, 0.15) is 27.5 Å². The molecule has 1 atom stereocenters. The van der Waals surface area contributed by atoms with Gasteiger partial charge in [-0.2, -0.15) is 0 Å². The predicted octanol–water partition coefficient (Wildman–Crippen LogP) is 2.48. The molecule has 0 spiro atoms. The van der Waals surface area contributed by atoms with Crippen LogP contribution in [-0.2, 0) is 4.79 Å². The Balaban J connectivity index is 1.64. The van der Waals surface area contributed by atoms with Gasteiger partial charge in [0.25, 0.3) is 5.91 Å². The summed E-state index contributed by atoms with van der Waals surface area (Å²) in [7, 11) is 0. The molecule has 0 aliphatic carbocycles. The number of carbonyl (C=O) groups excluding carboxylic acids is 2. The largest absolute Gasteiger partial charge is 0.368 e. The number of hydrogen-bond donors (Lipinski definition) is 1. The fourth-order valence-electron chi connectivity index (χ4n) is 4.06. The second-order valence-electron chi connectivity index (χ2n) is 7.38. The zero-order chi connectivity index (χ0) is 20.9. The van der Waals surface area contributed by atoms with Crippen molar-refractivity contribution in [3.05, 3.63) is 102 Å². The van der Waals surface area contributed by atoms with Crippen molar-refractivity contribution >= 4 is 11.8 Å². The molecule has 3 aromatic rings. The molecule has 1 aliphatic heterocycles. The third-order valence-electron chi connectivity index (χ3n) is 5.51. The maximum Gasteiger partial charge on any atom is 0.256 e. The van der Waals surface area contributed by atoms with Gasteiger partial charge >= 0.3 is 0 Å². The number of nitrogens with zero attached hydrogens (tertiary/aromatic N) is 3. The third kappa shape index (κ3) is 4.09. The number of aromatic nitrogens is 1. The summed E-state index contributed by atoms with van der Waals surface area (Å²) in [6.07, 6.45) is 3.13. The average molecular weight is 400 g/mol. The van der Waals surface area contributed by atoms with Crippen LogP contribution in [0.2, 0.25) is 0 Å². The Morgan fingerprint density at radius 1 is 0.900 bits per heavy atom. The van der Waals surface area contributed by atoms with Crippen LogP contribution in [0.15, 0.2) is 85.2 Å². The van der Waals surface area contributed by atoms with Crippen molar-refractivity contribution in [2.24, 2.45) is 5.73 Å². The van der Waals surface area contributed by atoms with Gasteiger partial charge in [0.15, 0.2) is 0 Å². The molecule has 4 rings (SSSR count). The highest BCUT2D eigenvalue weighted by molar-refractivity contribution is 5.97. The number of rotatable bonds is 5. The first-order chi connectivity index (χ1) is 14.6. The van der Waals surface area contributed by atoms with Crippen LogP contribution in [0.5, 0.6) is 0 Å². The first-order valence-electron chi connectivity index (χ1n) is 9.99. The van der Waals surface area contributed by atoms with Crippen molar-refractivity contribution in [3.63, 3.8) is 0 Å². The lowest BCUT2D eigenvalue weighted by Gasteiger charge is -2.43. The molecule has 0 saturated carbocycles. The van der Waals surface area contributed by atoms with Crippen LogP contribution in [0.4, 0.5) is 0 Å². The molecule has 2 amide bonds. The number of amides is 2. The van der Waals surface area contributed by atoms with Crippen molar-refractivity contribution in [3.8, 4) is 0 Å². The Kier molecular flexibility index (Phi) is 5.86. The van der Waals surface area contributed by atoms with E-state index in [0.29, 0.717) is 25.2 Å². The van der Waals surface area contributed by atoms with Gasteiger partial charge in [0.05, 0.1) is 11.6 Å². The highest BCUT2D eigenvalue weighted by Crippen LogP contribution is 2.31.